The SMILES string of the molecule is Cc1cc(C#N)ccc1-c1nc(CCOCC(F)F)no1. The van der Waals surface area contributed by atoms with E-state index in [2.05, 4.69) is 16.2 Å². The first kappa shape index (κ1) is 15.1. The van der Waals surface area contributed by atoms with E-state index >= 15 is 0 Å². The highest BCUT2D eigenvalue weighted by atomic mass is 19.3. The fourth-order valence-electron chi connectivity index (χ4n) is 1.77. The lowest BCUT2D eigenvalue weighted by Crippen LogP contribution is -2.07. The van der Waals surface area contributed by atoms with Crippen LogP contribution < -0.4 is 0 Å². The highest BCUT2D eigenvalue weighted by Crippen LogP contribution is 2.22. The Labute approximate surface area is 120 Å². The van der Waals surface area contributed by atoms with Crippen LogP contribution >= 0.6 is 0 Å². The molecule has 110 valence electrons. The van der Waals surface area contributed by atoms with Crippen LogP contribution in [0, 0.1) is 18.3 Å². The Hall–Kier alpha value is -2.33. The molecule has 0 unspecified atom stereocenters. The maximum atomic E-state index is 11.9. The fourth-order valence-corrected chi connectivity index (χ4v) is 1.77. The smallest absolute Gasteiger partial charge is 0.261 e. The summed E-state index contributed by atoms with van der Waals surface area (Å²) in [7, 11) is 0. The molecule has 21 heavy (non-hydrogen) atoms. The number of nitriles is 1. The van der Waals surface area contributed by atoms with Crippen LogP contribution in [-0.4, -0.2) is 29.8 Å². The van der Waals surface area contributed by atoms with Gasteiger partial charge in [-0.15, -0.1) is 0 Å². The van der Waals surface area contributed by atoms with Gasteiger partial charge in [-0.25, -0.2) is 8.78 Å². The minimum atomic E-state index is -2.48. The van der Waals surface area contributed by atoms with Gasteiger partial charge in [0.05, 0.1) is 18.2 Å². The number of aromatic nitrogens is 2. The molecular weight excluding hydrogens is 280 g/mol. The van der Waals surface area contributed by atoms with Gasteiger partial charge in [-0.05, 0) is 30.7 Å². The number of ether oxygens (including phenoxy) is 1. The minimum absolute atomic E-state index is 0.107. The van der Waals surface area contributed by atoms with E-state index in [-0.39, 0.29) is 6.61 Å². The fraction of sp³-hybridized carbons (Fsp3) is 0.357. The van der Waals surface area contributed by atoms with Crippen LogP contribution in [0.1, 0.15) is 17.0 Å². The van der Waals surface area contributed by atoms with Crippen molar-refractivity contribution < 1.29 is 18.0 Å². The molecule has 2 rings (SSSR count). The quantitative estimate of drug-likeness (QED) is 0.766. The minimum Gasteiger partial charge on any atom is -0.375 e. The summed E-state index contributed by atoms with van der Waals surface area (Å²) in [4.78, 5) is 4.19. The van der Waals surface area contributed by atoms with Crippen molar-refractivity contribution in [2.75, 3.05) is 13.2 Å². The Morgan fingerprint density at radius 2 is 2.24 bits per heavy atom. The van der Waals surface area contributed by atoms with Crippen LogP contribution in [0.2, 0.25) is 0 Å². The van der Waals surface area contributed by atoms with Crippen molar-refractivity contribution in [1.82, 2.24) is 10.1 Å². The van der Waals surface area contributed by atoms with Crippen LogP contribution in [0.25, 0.3) is 11.5 Å². The van der Waals surface area contributed by atoms with E-state index in [9.17, 15) is 8.78 Å². The zero-order chi connectivity index (χ0) is 15.2. The molecule has 0 bridgehead atoms. The van der Waals surface area contributed by atoms with Gasteiger partial charge in [-0.2, -0.15) is 10.2 Å². The number of hydrogen-bond acceptors (Lipinski definition) is 5. The number of rotatable bonds is 6. The summed E-state index contributed by atoms with van der Waals surface area (Å²) < 4.78 is 33.7. The van der Waals surface area contributed by atoms with Gasteiger partial charge in [-0.1, -0.05) is 5.16 Å². The summed E-state index contributed by atoms with van der Waals surface area (Å²) in [6.45, 7) is 1.35. The zero-order valence-corrected chi connectivity index (χ0v) is 11.3. The normalized spacial score (nSPS) is 10.8. The van der Waals surface area contributed by atoms with Crippen LogP contribution in [0.15, 0.2) is 22.7 Å². The van der Waals surface area contributed by atoms with Crippen molar-refractivity contribution in [3.63, 3.8) is 0 Å². The standard InChI is InChI=1S/C14H13F2N3O2/c1-9-6-10(7-17)2-3-11(9)14-18-13(19-21-14)4-5-20-8-12(15)16/h2-3,6,12H,4-5,8H2,1H3. The number of hydrogen-bond donors (Lipinski definition) is 0. The van der Waals surface area contributed by atoms with Gasteiger partial charge >= 0.3 is 0 Å². The topological polar surface area (TPSA) is 71.9 Å². The second kappa shape index (κ2) is 6.90. The van der Waals surface area contributed by atoms with Gasteiger partial charge in [0.2, 0.25) is 0 Å². The van der Waals surface area contributed by atoms with Gasteiger partial charge in [-0.3, -0.25) is 0 Å². The Balaban J connectivity index is 2.01. The van der Waals surface area contributed by atoms with E-state index in [1.165, 1.54) is 0 Å². The predicted octanol–water partition coefficient (Wildman–Crippen LogP) is 2.74. The molecular formula is C14H13F2N3O2. The van der Waals surface area contributed by atoms with Crippen molar-refractivity contribution in [2.24, 2.45) is 0 Å². The average Bonchev–Trinajstić information content (AvgIpc) is 2.91. The van der Waals surface area contributed by atoms with E-state index in [0.717, 1.165) is 11.1 Å². The van der Waals surface area contributed by atoms with Gasteiger partial charge < -0.3 is 9.26 Å². The summed E-state index contributed by atoms with van der Waals surface area (Å²) >= 11 is 0. The molecule has 0 saturated heterocycles. The van der Waals surface area contributed by atoms with Crippen LogP contribution in [-0.2, 0) is 11.2 Å². The molecule has 1 aromatic heterocycles. The number of benzene rings is 1. The first-order valence-corrected chi connectivity index (χ1v) is 6.29. The number of halogens is 2. The molecule has 0 aliphatic carbocycles. The van der Waals surface area contributed by atoms with Gasteiger partial charge in [0, 0.05) is 12.0 Å². The molecule has 0 amide bonds. The van der Waals surface area contributed by atoms with Gasteiger partial charge in [0.15, 0.2) is 5.82 Å². The van der Waals surface area contributed by atoms with E-state index < -0.39 is 13.0 Å². The van der Waals surface area contributed by atoms with Crippen molar-refractivity contribution in [3.05, 3.63) is 35.2 Å². The largest absolute Gasteiger partial charge is 0.375 e. The van der Waals surface area contributed by atoms with E-state index in [1.807, 2.05) is 6.92 Å². The van der Waals surface area contributed by atoms with E-state index in [0.29, 0.717) is 23.7 Å². The molecule has 2 aromatic rings. The Kier molecular flexibility index (Phi) is 4.95. The number of alkyl halides is 2. The Bertz CT molecular complexity index is 650. The molecule has 0 aliphatic rings. The molecule has 0 aliphatic heterocycles. The summed E-state index contributed by atoms with van der Waals surface area (Å²) in [5.74, 6) is 0.726. The van der Waals surface area contributed by atoms with Crippen molar-refractivity contribution in [1.29, 1.82) is 5.26 Å². The van der Waals surface area contributed by atoms with E-state index in [4.69, 9.17) is 14.5 Å². The molecule has 0 atom stereocenters. The molecule has 1 aromatic carbocycles. The maximum Gasteiger partial charge on any atom is 0.261 e. The first-order valence-electron chi connectivity index (χ1n) is 6.29. The summed E-state index contributed by atoms with van der Waals surface area (Å²) in [5.41, 5.74) is 2.14. The number of nitrogens with zero attached hydrogens (tertiary/aromatic N) is 3. The second-order valence-corrected chi connectivity index (χ2v) is 4.37. The summed E-state index contributed by atoms with van der Waals surface area (Å²) in [5, 5.41) is 12.6. The van der Waals surface area contributed by atoms with Crippen LogP contribution in [0.4, 0.5) is 8.78 Å². The molecule has 0 fully saturated rings. The highest BCUT2D eigenvalue weighted by molar-refractivity contribution is 5.60. The molecule has 0 N–H and O–H groups in total. The first-order chi connectivity index (χ1) is 10.1. The molecule has 1 heterocycles. The van der Waals surface area contributed by atoms with Gasteiger partial charge in [0.1, 0.15) is 6.61 Å². The third-order valence-electron chi connectivity index (χ3n) is 2.77. The van der Waals surface area contributed by atoms with Crippen molar-refractivity contribution in [2.45, 2.75) is 19.8 Å². The molecule has 5 nitrogen and oxygen atoms in total. The lowest BCUT2D eigenvalue weighted by Gasteiger charge is -2.00. The third kappa shape index (κ3) is 4.07. The van der Waals surface area contributed by atoms with Crippen LogP contribution in [0.3, 0.4) is 0 Å². The van der Waals surface area contributed by atoms with E-state index in [1.54, 1.807) is 18.2 Å². The van der Waals surface area contributed by atoms with Crippen LogP contribution in [0.5, 0.6) is 0 Å². The summed E-state index contributed by atoms with van der Waals surface area (Å²) in [6, 6.07) is 7.18. The molecule has 0 radical (unpaired) electrons. The third-order valence-corrected chi connectivity index (χ3v) is 2.77. The summed E-state index contributed by atoms with van der Waals surface area (Å²) in [6.07, 6.45) is -2.18. The highest BCUT2D eigenvalue weighted by Gasteiger charge is 2.12. The Morgan fingerprint density at radius 1 is 1.43 bits per heavy atom. The second-order valence-electron chi connectivity index (χ2n) is 4.37. The average molecular weight is 293 g/mol. The molecule has 0 saturated carbocycles. The molecule has 0 spiro atoms. The lowest BCUT2D eigenvalue weighted by atomic mass is 10.1. The van der Waals surface area contributed by atoms with Crippen molar-refractivity contribution in [3.8, 4) is 17.5 Å². The van der Waals surface area contributed by atoms with Gasteiger partial charge in [0.25, 0.3) is 12.3 Å². The molecule has 7 heteroatoms. The Morgan fingerprint density at radius 3 is 2.90 bits per heavy atom. The van der Waals surface area contributed by atoms with Crippen molar-refractivity contribution >= 4 is 0 Å². The monoisotopic (exact) mass is 293 g/mol. The number of aryl methyl sites for hydroxylation is 1. The zero-order valence-electron chi connectivity index (χ0n) is 11.3. The lowest BCUT2D eigenvalue weighted by molar-refractivity contribution is 0.0182. The maximum absolute atomic E-state index is 11.9. The predicted molar refractivity (Wildman–Crippen MR) is 69.7 cm³/mol.